The molecule has 3 atom stereocenters. The van der Waals surface area contributed by atoms with Gasteiger partial charge in [-0.05, 0) is 69.6 Å². The molecule has 0 saturated carbocycles. The van der Waals surface area contributed by atoms with Gasteiger partial charge in [-0.2, -0.15) is 0 Å². The molecule has 8 amide bonds. The lowest BCUT2D eigenvalue weighted by Crippen LogP contribution is -2.54. The van der Waals surface area contributed by atoms with Gasteiger partial charge in [0.25, 0.3) is 0 Å². The second-order valence-corrected chi connectivity index (χ2v) is 15.5. The topological polar surface area (TPSA) is 254 Å². The van der Waals surface area contributed by atoms with Crippen molar-refractivity contribution in [1.82, 2.24) is 26.2 Å². The number of likely N-dealkylation sites (tertiary alicyclic amines) is 1. The van der Waals surface area contributed by atoms with Crippen LogP contribution in [0, 0.1) is 11.8 Å². The van der Waals surface area contributed by atoms with Crippen molar-refractivity contribution < 1.29 is 52.6 Å². The van der Waals surface area contributed by atoms with Gasteiger partial charge < -0.3 is 46.5 Å². The molecule has 2 rings (SSSR count). The van der Waals surface area contributed by atoms with Crippen molar-refractivity contribution in [1.29, 1.82) is 0 Å². The zero-order valence-corrected chi connectivity index (χ0v) is 34.7. The Labute approximate surface area is 340 Å². The fraction of sp³-hybridized carbons (Fsp3) is 0.650. The van der Waals surface area contributed by atoms with Crippen LogP contribution in [0.4, 0.5) is 15.3 Å². The first kappa shape index (κ1) is 48.9. The number of esters is 1. The normalized spacial score (nSPS) is 14.3. The summed E-state index contributed by atoms with van der Waals surface area (Å²) in [5, 5.41) is 13.5. The van der Waals surface area contributed by atoms with E-state index in [0.29, 0.717) is 63.1 Å². The lowest BCUT2D eigenvalue weighted by molar-refractivity contribution is -0.143. The summed E-state index contributed by atoms with van der Waals surface area (Å²) < 4.78 is 16.3. The number of carbonyl (C=O) groups is 8. The fourth-order valence-corrected chi connectivity index (χ4v) is 5.76. The second kappa shape index (κ2) is 25.2. The van der Waals surface area contributed by atoms with E-state index >= 15 is 0 Å². The summed E-state index contributed by atoms with van der Waals surface area (Å²) in [5.74, 6) is -2.40. The first-order valence-electron chi connectivity index (χ1n) is 19.9. The Morgan fingerprint density at radius 2 is 1.50 bits per heavy atom. The first-order chi connectivity index (χ1) is 27.4. The highest BCUT2D eigenvalue weighted by Gasteiger charge is 2.30. The highest BCUT2D eigenvalue weighted by molar-refractivity contribution is 6.02. The van der Waals surface area contributed by atoms with Crippen molar-refractivity contribution in [2.24, 2.45) is 17.6 Å². The van der Waals surface area contributed by atoms with Crippen LogP contribution in [0.25, 0.3) is 0 Å². The molecular weight excluding hydrogens is 754 g/mol. The van der Waals surface area contributed by atoms with E-state index in [0.717, 1.165) is 0 Å². The second-order valence-electron chi connectivity index (χ2n) is 15.5. The number of amides is 8. The van der Waals surface area contributed by atoms with Crippen LogP contribution in [-0.4, -0.2) is 103 Å². The summed E-state index contributed by atoms with van der Waals surface area (Å²) in [7, 11) is 0. The van der Waals surface area contributed by atoms with Crippen LogP contribution in [-0.2, 0) is 49.6 Å². The van der Waals surface area contributed by atoms with E-state index in [2.05, 4.69) is 26.6 Å². The van der Waals surface area contributed by atoms with Gasteiger partial charge >= 0.3 is 18.1 Å². The number of nitrogens with zero attached hydrogens (tertiary/aromatic N) is 1. The predicted molar refractivity (Wildman–Crippen MR) is 214 cm³/mol. The molecule has 0 radical (unpaired) electrons. The van der Waals surface area contributed by atoms with Crippen molar-refractivity contribution in [3.63, 3.8) is 0 Å². The van der Waals surface area contributed by atoms with Gasteiger partial charge in [0.05, 0.1) is 18.8 Å². The summed E-state index contributed by atoms with van der Waals surface area (Å²) in [6.07, 6.45) is 2.68. The number of rotatable bonds is 26. The maximum absolute atomic E-state index is 13.5. The van der Waals surface area contributed by atoms with Gasteiger partial charge in [0, 0.05) is 57.4 Å². The Morgan fingerprint density at radius 3 is 2.12 bits per heavy atom. The summed E-state index contributed by atoms with van der Waals surface area (Å²) in [4.78, 5) is 99.1. The molecule has 1 aromatic carbocycles. The molecule has 0 aliphatic carbocycles. The van der Waals surface area contributed by atoms with Crippen molar-refractivity contribution in [2.75, 3.05) is 38.2 Å². The SMILES string of the molecule is CC(=O)OCC(C)COC(C)(C)CCNC(=O)OCc1ccc(NC(=O)[C@H](CCCNC(N)=O)NC(=O)[C@@H](NC(=O)CCCCCN2C(=O)CCC2=O)C(C)C)cc1. The van der Waals surface area contributed by atoms with Crippen LogP contribution in [0.3, 0.4) is 0 Å². The van der Waals surface area contributed by atoms with E-state index in [1.165, 1.54) is 11.8 Å². The van der Waals surface area contributed by atoms with Crippen LogP contribution in [0.5, 0.6) is 0 Å². The van der Waals surface area contributed by atoms with Gasteiger partial charge in [-0.15, -0.1) is 0 Å². The average molecular weight is 818 g/mol. The number of unbranched alkanes of at least 4 members (excludes halogenated alkanes) is 2. The quantitative estimate of drug-likeness (QED) is 0.0450. The maximum Gasteiger partial charge on any atom is 0.407 e. The minimum Gasteiger partial charge on any atom is -0.466 e. The molecule has 324 valence electrons. The number of alkyl carbamates (subject to hydrolysis) is 1. The van der Waals surface area contributed by atoms with Crippen LogP contribution in [0.1, 0.15) is 105 Å². The molecule has 1 saturated heterocycles. The number of urea groups is 1. The number of primary amides is 1. The fourth-order valence-electron chi connectivity index (χ4n) is 5.76. The molecule has 18 nitrogen and oxygen atoms in total. The number of anilines is 1. The first-order valence-corrected chi connectivity index (χ1v) is 19.9. The van der Waals surface area contributed by atoms with E-state index in [9.17, 15) is 38.4 Å². The Kier molecular flexibility index (Phi) is 21.2. The number of nitrogens with two attached hydrogens (primary N) is 1. The van der Waals surface area contributed by atoms with Crippen molar-refractivity contribution in [3.05, 3.63) is 29.8 Å². The zero-order valence-electron chi connectivity index (χ0n) is 34.7. The Balaban J connectivity index is 1.87. The largest absolute Gasteiger partial charge is 0.466 e. The highest BCUT2D eigenvalue weighted by atomic mass is 16.5. The van der Waals surface area contributed by atoms with Crippen LogP contribution >= 0.6 is 0 Å². The highest BCUT2D eigenvalue weighted by Crippen LogP contribution is 2.17. The van der Waals surface area contributed by atoms with Gasteiger partial charge in [0.15, 0.2) is 0 Å². The third kappa shape index (κ3) is 19.7. The summed E-state index contributed by atoms with van der Waals surface area (Å²) in [5.41, 5.74) is 5.72. The van der Waals surface area contributed by atoms with Gasteiger partial charge in [-0.1, -0.05) is 39.3 Å². The molecule has 1 aliphatic rings. The standard InChI is InChI=1S/C40H63N7O11/c1-26(2)35(46-32(49)12-8-7-9-22-47-33(50)17-18-34(47)51)37(53)45-31(11-10-20-42-38(41)54)36(52)44-30-15-13-29(14-16-30)25-57-39(55)43-21-19-40(5,6)58-24-27(3)23-56-28(4)48/h13-16,26-27,31,35H,7-12,17-25H2,1-6H3,(H,43,55)(H,44,52)(H,45,53)(H,46,49)(H3,41,42,54)/t27?,31-,35-/m0/s1. The minimum absolute atomic E-state index is 0.0212. The molecule has 1 unspecified atom stereocenters. The summed E-state index contributed by atoms with van der Waals surface area (Å²) in [6, 6.07) is 3.93. The number of hydrogen-bond donors (Lipinski definition) is 6. The van der Waals surface area contributed by atoms with E-state index in [-0.39, 0.29) is 81.0 Å². The van der Waals surface area contributed by atoms with Crippen molar-refractivity contribution >= 4 is 53.3 Å². The van der Waals surface area contributed by atoms with Gasteiger partial charge in [-0.3, -0.25) is 33.7 Å². The summed E-state index contributed by atoms with van der Waals surface area (Å²) >= 11 is 0. The van der Waals surface area contributed by atoms with E-state index in [1.807, 2.05) is 20.8 Å². The monoisotopic (exact) mass is 817 g/mol. The number of benzene rings is 1. The average Bonchev–Trinajstić information content (AvgIpc) is 3.48. The number of carbonyl (C=O) groups excluding carboxylic acids is 8. The molecule has 0 spiro atoms. The smallest absolute Gasteiger partial charge is 0.407 e. The van der Waals surface area contributed by atoms with E-state index < -0.39 is 41.6 Å². The molecule has 0 bridgehead atoms. The third-order valence-corrected chi connectivity index (χ3v) is 9.23. The molecule has 18 heteroatoms. The van der Waals surface area contributed by atoms with Gasteiger partial charge in [0.2, 0.25) is 29.5 Å². The zero-order chi connectivity index (χ0) is 43.3. The molecule has 1 aliphatic heterocycles. The Bertz CT molecular complexity index is 1540. The molecule has 58 heavy (non-hydrogen) atoms. The van der Waals surface area contributed by atoms with E-state index in [4.69, 9.17) is 19.9 Å². The van der Waals surface area contributed by atoms with Crippen molar-refractivity contribution in [3.8, 4) is 0 Å². The molecular formula is C40H63N7O11. The lowest BCUT2D eigenvalue weighted by atomic mass is 10.0. The maximum atomic E-state index is 13.5. The van der Waals surface area contributed by atoms with E-state index in [1.54, 1.807) is 38.1 Å². The van der Waals surface area contributed by atoms with Gasteiger partial charge in [0.1, 0.15) is 18.7 Å². The Morgan fingerprint density at radius 1 is 0.828 bits per heavy atom. The molecule has 1 heterocycles. The summed E-state index contributed by atoms with van der Waals surface area (Å²) in [6.45, 7) is 12.0. The van der Waals surface area contributed by atoms with Crippen LogP contribution in [0.15, 0.2) is 24.3 Å². The lowest BCUT2D eigenvalue weighted by Gasteiger charge is -2.27. The predicted octanol–water partition coefficient (Wildman–Crippen LogP) is 3.02. The van der Waals surface area contributed by atoms with Crippen molar-refractivity contribution in [2.45, 2.75) is 124 Å². The van der Waals surface area contributed by atoms with Gasteiger partial charge in [-0.25, -0.2) is 9.59 Å². The van der Waals surface area contributed by atoms with Crippen LogP contribution in [0.2, 0.25) is 0 Å². The molecule has 7 N–H and O–H groups in total. The number of imide groups is 1. The number of nitrogens with one attached hydrogen (secondary N) is 5. The molecule has 0 aromatic heterocycles. The Hall–Kier alpha value is -5.26. The third-order valence-electron chi connectivity index (χ3n) is 9.23. The molecule has 1 fully saturated rings. The van der Waals surface area contributed by atoms with Crippen LogP contribution < -0.4 is 32.3 Å². The molecule has 1 aromatic rings. The number of ether oxygens (including phenoxy) is 3. The number of hydrogen-bond acceptors (Lipinski definition) is 11. The minimum atomic E-state index is -1.03.